The molecule has 0 aromatic carbocycles. The number of nitrogens with zero attached hydrogens (tertiary/aromatic N) is 4. The Labute approximate surface area is 82.0 Å². The summed E-state index contributed by atoms with van der Waals surface area (Å²) < 4.78 is 1.93. The summed E-state index contributed by atoms with van der Waals surface area (Å²) in [6.07, 6.45) is 0. The van der Waals surface area contributed by atoms with Gasteiger partial charge in [0, 0.05) is 28.9 Å². The molecule has 14 heavy (non-hydrogen) atoms. The Balaban J connectivity index is 3.01. The average Bonchev–Trinajstić information content (AvgIpc) is 2.42. The summed E-state index contributed by atoms with van der Waals surface area (Å²) in [5.41, 5.74) is 10.7. The number of azide groups is 1. The van der Waals surface area contributed by atoms with Gasteiger partial charge in [0.1, 0.15) is 0 Å². The van der Waals surface area contributed by atoms with Crippen LogP contribution in [-0.2, 0) is 7.05 Å². The maximum atomic E-state index is 11.5. The van der Waals surface area contributed by atoms with Gasteiger partial charge in [-0.15, -0.1) is 0 Å². The summed E-state index contributed by atoms with van der Waals surface area (Å²) in [5, 5.41) is 3.25. The van der Waals surface area contributed by atoms with E-state index in [0.717, 1.165) is 11.4 Å². The highest BCUT2D eigenvalue weighted by Gasteiger charge is 2.12. The number of rotatable bonds is 3. The molecule has 0 N–H and O–H groups in total. The van der Waals surface area contributed by atoms with Crippen LogP contribution in [0.3, 0.4) is 0 Å². The predicted molar refractivity (Wildman–Crippen MR) is 53.2 cm³/mol. The fraction of sp³-hybridized carbons (Fsp3) is 0.444. The standard InChI is InChI=1S/C9H12N4O/c1-6-4-8(7(2)13(6)3)9(14)5-11-12-10/h4H,5H2,1-3H3. The first-order valence-corrected chi connectivity index (χ1v) is 4.25. The van der Waals surface area contributed by atoms with Crippen molar-refractivity contribution in [3.05, 3.63) is 33.5 Å². The molecule has 0 unspecified atom stereocenters. The van der Waals surface area contributed by atoms with Crippen molar-refractivity contribution in [1.29, 1.82) is 0 Å². The van der Waals surface area contributed by atoms with Crippen LogP contribution in [0, 0.1) is 13.8 Å². The van der Waals surface area contributed by atoms with Crippen molar-refractivity contribution in [1.82, 2.24) is 4.57 Å². The van der Waals surface area contributed by atoms with E-state index in [0.29, 0.717) is 5.56 Å². The third kappa shape index (κ3) is 1.78. The minimum absolute atomic E-state index is 0.110. The molecule has 0 spiro atoms. The van der Waals surface area contributed by atoms with E-state index in [1.165, 1.54) is 0 Å². The zero-order valence-electron chi connectivity index (χ0n) is 8.48. The minimum Gasteiger partial charge on any atom is -0.351 e. The molecule has 0 saturated heterocycles. The van der Waals surface area contributed by atoms with E-state index in [1.807, 2.05) is 31.5 Å². The van der Waals surface area contributed by atoms with Gasteiger partial charge < -0.3 is 4.57 Å². The molecule has 1 rings (SSSR count). The first-order chi connectivity index (χ1) is 6.57. The molecular weight excluding hydrogens is 180 g/mol. The minimum atomic E-state index is -0.135. The zero-order valence-corrected chi connectivity index (χ0v) is 8.48. The van der Waals surface area contributed by atoms with Crippen LogP contribution in [0.2, 0.25) is 0 Å². The number of hydrogen-bond donors (Lipinski definition) is 0. The largest absolute Gasteiger partial charge is 0.351 e. The van der Waals surface area contributed by atoms with Crippen molar-refractivity contribution in [2.24, 2.45) is 12.2 Å². The summed E-state index contributed by atoms with van der Waals surface area (Å²) in [6.45, 7) is 3.69. The summed E-state index contributed by atoms with van der Waals surface area (Å²) in [6, 6.07) is 1.81. The van der Waals surface area contributed by atoms with Crippen molar-refractivity contribution in [2.75, 3.05) is 6.54 Å². The van der Waals surface area contributed by atoms with E-state index in [4.69, 9.17) is 5.53 Å². The first-order valence-electron chi connectivity index (χ1n) is 4.25. The molecule has 74 valence electrons. The second kappa shape index (κ2) is 3.98. The molecular formula is C9H12N4O. The molecule has 1 aromatic rings. The Bertz CT molecular complexity index is 413. The van der Waals surface area contributed by atoms with Gasteiger partial charge in [0.25, 0.3) is 0 Å². The van der Waals surface area contributed by atoms with Gasteiger partial charge in [-0.1, -0.05) is 5.11 Å². The Kier molecular flexibility index (Phi) is 2.94. The zero-order chi connectivity index (χ0) is 10.7. The molecule has 0 radical (unpaired) electrons. The molecule has 1 heterocycles. The van der Waals surface area contributed by atoms with Crippen molar-refractivity contribution in [2.45, 2.75) is 13.8 Å². The van der Waals surface area contributed by atoms with Crippen LogP contribution in [0.5, 0.6) is 0 Å². The number of Topliss-reactive ketones (excluding diaryl/α,β-unsaturated/α-hetero) is 1. The lowest BCUT2D eigenvalue weighted by atomic mass is 10.1. The van der Waals surface area contributed by atoms with Crippen molar-refractivity contribution >= 4 is 5.78 Å². The molecule has 0 aliphatic carbocycles. The summed E-state index contributed by atoms with van der Waals surface area (Å²) in [7, 11) is 1.90. The highest BCUT2D eigenvalue weighted by molar-refractivity contribution is 5.99. The Morgan fingerprint density at radius 2 is 2.29 bits per heavy atom. The lowest BCUT2D eigenvalue weighted by Crippen LogP contribution is -2.04. The van der Waals surface area contributed by atoms with Gasteiger partial charge in [-0.2, -0.15) is 0 Å². The highest BCUT2D eigenvalue weighted by Crippen LogP contribution is 2.13. The SMILES string of the molecule is Cc1cc(C(=O)CN=[N+]=[N-])c(C)n1C. The van der Waals surface area contributed by atoms with Gasteiger partial charge in [0.15, 0.2) is 5.78 Å². The van der Waals surface area contributed by atoms with Gasteiger partial charge in [-0.3, -0.25) is 4.79 Å². The quantitative estimate of drug-likeness (QED) is 0.313. The summed E-state index contributed by atoms with van der Waals surface area (Å²) in [4.78, 5) is 14.1. The lowest BCUT2D eigenvalue weighted by Gasteiger charge is -1.99. The average molecular weight is 192 g/mol. The van der Waals surface area contributed by atoms with E-state index < -0.39 is 0 Å². The Hall–Kier alpha value is -1.74. The molecule has 0 aliphatic heterocycles. The first kappa shape index (κ1) is 10.3. The second-order valence-corrected chi connectivity index (χ2v) is 3.16. The van der Waals surface area contributed by atoms with E-state index in [1.54, 1.807) is 0 Å². The van der Waals surface area contributed by atoms with E-state index >= 15 is 0 Å². The molecule has 1 aromatic heterocycles. The number of carbonyl (C=O) groups excluding carboxylic acids is 1. The molecule has 5 heteroatoms. The van der Waals surface area contributed by atoms with E-state index in [9.17, 15) is 4.79 Å². The smallest absolute Gasteiger partial charge is 0.170 e. The number of aromatic nitrogens is 1. The van der Waals surface area contributed by atoms with Crippen LogP contribution in [-0.4, -0.2) is 16.9 Å². The van der Waals surface area contributed by atoms with Crippen molar-refractivity contribution < 1.29 is 4.79 Å². The van der Waals surface area contributed by atoms with Crippen LogP contribution >= 0.6 is 0 Å². The van der Waals surface area contributed by atoms with E-state index in [-0.39, 0.29) is 12.3 Å². The molecule has 0 atom stereocenters. The third-order valence-electron chi connectivity index (χ3n) is 2.35. The van der Waals surface area contributed by atoms with Crippen molar-refractivity contribution in [3.8, 4) is 0 Å². The summed E-state index contributed by atoms with van der Waals surface area (Å²) >= 11 is 0. The molecule has 5 nitrogen and oxygen atoms in total. The fourth-order valence-electron chi connectivity index (χ4n) is 1.32. The van der Waals surface area contributed by atoms with E-state index in [2.05, 4.69) is 10.0 Å². The number of hydrogen-bond acceptors (Lipinski definition) is 2. The molecule has 0 amide bonds. The topological polar surface area (TPSA) is 70.8 Å². The Morgan fingerprint density at radius 1 is 1.64 bits per heavy atom. The monoisotopic (exact) mass is 192 g/mol. The number of carbonyl (C=O) groups is 1. The maximum Gasteiger partial charge on any atom is 0.170 e. The molecule has 0 saturated carbocycles. The molecule has 0 bridgehead atoms. The molecule has 0 aliphatic rings. The Morgan fingerprint density at radius 3 is 2.71 bits per heavy atom. The van der Waals surface area contributed by atoms with Gasteiger partial charge in [0.05, 0.1) is 6.54 Å². The van der Waals surface area contributed by atoms with Gasteiger partial charge in [0.2, 0.25) is 0 Å². The fourth-order valence-corrected chi connectivity index (χ4v) is 1.32. The van der Waals surface area contributed by atoms with Gasteiger partial charge >= 0.3 is 0 Å². The van der Waals surface area contributed by atoms with Crippen LogP contribution in [0.15, 0.2) is 11.2 Å². The van der Waals surface area contributed by atoms with Crippen LogP contribution in [0.4, 0.5) is 0 Å². The molecule has 0 fully saturated rings. The predicted octanol–water partition coefficient (Wildman–Crippen LogP) is 2.13. The highest BCUT2D eigenvalue weighted by atomic mass is 16.1. The lowest BCUT2D eigenvalue weighted by molar-refractivity contribution is 0.100. The number of aryl methyl sites for hydroxylation is 1. The van der Waals surface area contributed by atoms with Gasteiger partial charge in [-0.05, 0) is 25.4 Å². The maximum absolute atomic E-state index is 11.5. The van der Waals surface area contributed by atoms with Crippen molar-refractivity contribution in [3.63, 3.8) is 0 Å². The summed E-state index contributed by atoms with van der Waals surface area (Å²) in [5.74, 6) is -0.135. The van der Waals surface area contributed by atoms with Crippen LogP contribution in [0.1, 0.15) is 21.7 Å². The van der Waals surface area contributed by atoms with Gasteiger partial charge in [-0.25, -0.2) is 0 Å². The van der Waals surface area contributed by atoms with Crippen LogP contribution in [0.25, 0.3) is 10.4 Å². The second-order valence-electron chi connectivity index (χ2n) is 3.16. The normalized spacial score (nSPS) is 9.64. The third-order valence-corrected chi connectivity index (χ3v) is 2.35. The van der Waals surface area contributed by atoms with Crippen LogP contribution < -0.4 is 0 Å². The number of ketones is 1.